The van der Waals surface area contributed by atoms with Crippen molar-refractivity contribution in [2.75, 3.05) is 64.8 Å². The van der Waals surface area contributed by atoms with Crippen LogP contribution in [0.1, 0.15) is 97.0 Å². The molecule has 2 aromatic carbocycles. The summed E-state index contributed by atoms with van der Waals surface area (Å²) >= 11 is 0. The molecule has 2 aromatic rings. The second kappa shape index (κ2) is 20.2. The fourth-order valence-corrected chi connectivity index (χ4v) is 11.0. The number of nitrogens with one attached hydrogen (secondary N) is 1. The number of carbonyl (C=O) groups excluding carboxylic acids is 3. The van der Waals surface area contributed by atoms with E-state index in [1.807, 2.05) is 6.92 Å². The van der Waals surface area contributed by atoms with Gasteiger partial charge < -0.3 is 54.5 Å². The third kappa shape index (κ3) is 9.93. The minimum absolute atomic E-state index is 0.0588. The first-order valence-electron chi connectivity index (χ1n) is 25.2. The topological polar surface area (TPSA) is 216 Å². The first-order valence-corrected chi connectivity index (χ1v) is 25.2. The van der Waals surface area contributed by atoms with E-state index < -0.39 is 83.1 Å². The van der Waals surface area contributed by atoms with Crippen LogP contribution < -0.4 is 20.8 Å². The maximum Gasteiger partial charge on any atom is 0.410 e. The van der Waals surface area contributed by atoms with Gasteiger partial charge in [0.2, 0.25) is 0 Å². The highest BCUT2D eigenvalue weighted by Crippen LogP contribution is 2.51. The highest BCUT2D eigenvalue weighted by molar-refractivity contribution is 6.21. The number of Topliss-reactive ketones (excluding diaryl/α,β-unsaturated/α-hetero) is 1. The quantitative estimate of drug-likeness (QED) is 0.231. The van der Waals surface area contributed by atoms with E-state index in [9.17, 15) is 34.8 Å². The number of phenols is 2. The van der Waals surface area contributed by atoms with Crippen molar-refractivity contribution >= 4 is 34.2 Å². The number of ketones is 1. The lowest BCUT2D eigenvalue weighted by atomic mass is 9.78. The number of nitrogens with zero attached hydrogens (tertiary/aromatic N) is 5. The van der Waals surface area contributed by atoms with Crippen LogP contribution in [0, 0.1) is 42.4 Å². The standard InChI is InChI=1S/C53H74N6O11/c1-28(2)26-57-19-17-53(18-20-57)55-40-37-38-45(62)34(8)48-39(37)49(64)52(9,70-48)68-25-16-36(67-10)31(5)47(69-51(66)59-23-21-58(22-24-59)27-35-14-15-35)33(7)44(61)32(6)43(60)29(3)12-11-13-30(4)50(65)54-42(46(38)63)41(40)56-53/h11-13,16,25,28-29,31-33,35-36,43-44,47,55,60-63H,14-15,17-24,26-27H2,1-10H3/b12-11+,25-16+,30-13-,54-42?/t29-,31+,32+,33+,36-,43-,44+,47+,52-/m0/s1. The molecule has 0 radical (unpaired) electrons. The van der Waals surface area contributed by atoms with Gasteiger partial charge in [-0.05, 0) is 44.6 Å². The summed E-state index contributed by atoms with van der Waals surface area (Å²) in [7, 11) is 1.50. The number of allylic oxidation sites excluding steroid dienone is 2. The molecule has 3 fully saturated rings. The Hall–Kier alpha value is -5.07. The number of rotatable bonds is 6. The molecule has 6 aliphatic heterocycles. The number of ether oxygens (including phenoxy) is 4. The summed E-state index contributed by atoms with van der Waals surface area (Å²) in [5.74, 6) is -5.36. The van der Waals surface area contributed by atoms with E-state index in [4.69, 9.17) is 23.9 Å². The van der Waals surface area contributed by atoms with Crippen LogP contribution in [-0.2, 0) is 19.0 Å². The van der Waals surface area contributed by atoms with Gasteiger partial charge in [0, 0.05) is 119 Å². The Labute approximate surface area is 410 Å². The van der Waals surface area contributed by atoms with E-state index >= 15 is 0 Å². The van der Waals surface area contributed by atoms with Gasteiger partial charge in [-0.3, -0.25) is 19.5 Å². The molecule has 70 heavy (non-hydrogen) atoms. The van der Waals surface area contributed by atoms with Gasteiger partial charge in [-0.1, -0.05) is 59.8 Å². The molecule has 2 saturated heterocycles. The summed E-state index contributed by atoms with van der Waals surface area (Å²) in [6.07, 6.45) is 7.09. The van der Waals surface area contributed by atoms with Gasteiger partial charge in [0.15, 0.2) is 5.75 Å². The zero-order valence-electron chi connectivity index (χ0n) is 42.5. The maximum atomic E-state index is 14.9. The fraction of sp³-hybridized carbons (Fsp3) is 0.642. The van der Waals surface area contributed by atoms with Crippen molar-refractivity contribution in [3.8, 4) is 17.2 Å². The molecule has 9 rings (SSSR count). The van der Waals surface area contributed by atoms with Gasteiger partial charge in [0.1, 0.15) is 34.0 Å². The summed E-state index contributed by atoms with van der Waals surface area (Å²) in [5.41, 5.74) is -0.101. The average Bonchev–Trinajstić information content (AvgIpc) is 4.02. The van der Waals surface area contributed by atoms with Crippen molar-refractivity contribution in [3.63, 3.8) is 0 Å². The predicted octanol–water partition coefficient (Wildman–Crippen LogP) is 5.35. The Balaban J connectivity index is 1.20. The zero-order chi connectivity index (χ0) is 50.6. The van der Waals surface area contributed by atoms with Gasteiger partial charge >= 0.3 is 11.9 Å². The molecule has 5 N–H and O–H groups in total. The average molecular weight is 971 g/mol. The molecule has 9 atom stereocenters. The van der Waals surface area contributed by atoms with Crippen molar-refractivity contribution in [2.24, 2.45) is 45.5 Å². The fourth-order valence-electron chi connectivity index (χ4n) is 11.0. The molecule has 7 aliphatic rings. The Bertz CT molecular complexity index is 2580. The number of aromatic hydroxyl groups is 2. The van der Waals surface area contributed by atoms with Crippen LogP contribution in [0.3, 0.4) is 0 Å². The van der Waals surface area contributed by atoms with E-state index in [0.717, 1.165) is 45.2 Å². The molecule has 1 saturated carbocycles. The number of aliphatic hydroxyl groups is 2. The summed E-state index contributed by atoms with van der Waals surface area (Å²) in [4.78, 5) is 59.0. The maximum absolute atomic E-state index is 14.9. The van der Waals surface area contributed by atoms with E-state index in [1.165, 1.54) is 33.1 Å². The third-order valence-electron chi connectivity index (χ3n) is 15.7. The van der Waals surface area contributed by atoms with Crippen molar-refractivity contribution < 1.29 is 53.8 Å². The lowest BCUT2D eigenvalue weighted by molar-refractivity contribution is -0.114. The number of anilines is 1. The second-order valence-corrected chi connectivity index (χ2v) is 21.5. The highest BCUT2D eigenvalue weighted by Gasteiger charge is 2.51. The lowest BCUT2D eigenvalue weighted by Gasteiger charge is -2.40. The van der Waals surface area contributed by atoms with Gasteiger partial charge in [-0.2, -0.15) is 0 Å². The van der Waals surface area contributed by atoms with Gasteiger partial charge in [0.05, 0.1) is 41.2 Å². The smallest absolute Gasteiger partial charge is 0.410 e. The molecule has 1 spiro atoms. The number of hydrogen-bond donors (Lipinski definition) is 5. The van der Waals surface area contributed by atoms with E-state index in [2.05, 4.69) is 34.0 Å². The molecule has 17 heteroatoms. The lowest BCUT2D eigenvalue weighted by Crippen LogP contribution is -2.52. The number of amides is 2. The molecular formula is C53H74N6O11. The van der Waals surface area contributed by atoms with Crippen molar-refractivity contribution in [2.45, 2.75) is 124 Å². The molecular weight excluding hydrogens is 897 g/mol. The third-order valence-corrected chi connectivity index (χ3v) is 15.7. The van der Waals surface area contributed by atoms with Crippen molar-refractivity contribution in [1.82, 2.24) is 14.7 Å². The number of methoxy groups -OCH3 is 1. The first kappa shape index (κ1) is 51.3. The molecule has 6 heterocycles. The molecule has 2 amide bonds. The summed E-state index contributed by atoms with van der Waals surface area (Å²) in [6, 6.07) is 0. The van der Waals surface area contributed by atoms with E-state index in [-0.39, 0.29) is 49.7 Å². The number of likely N-dealkylation sites (tertiary alicyclic amines) is 1. The van der Waals surface area contributed by atoms with Crippen molar-refractivity contribution in [3.05, 3.63) is 58.0 Å². The predicted molar refractivity (Wildman–Crippen MR) is 263 cm³/mol. The number of hydrogen-bond acceptors (Lipinski definition) is 15. The largest absolute Gasteiger partial charge is 0.507 e. The number of phenolic OH excluding ortho intramolecular Hbond substituents is 2. The first-order chi connectivity index (χ1) is 33.2. The minimum Gasteiger partial charge on any atom is -0.507 e. The van der Waals surface area contributed by atoms with Crippen LogP contribution >= 0.6 is 0 Å². The molecule has 5 bridgehead atoms. The van der Waals surface area contributed by atoms with Crippen LogP contribution in [0.15, 0.2) is 46.1 Å². The Morgan fingerprint density at radius 2 is 1.59 bits per heavy atom. The number of carbonyl (C=O) groups is 3. The zero-order valence-corrected chi connectivity index (χ0v) is 42.5. The minimum atomic E-state index is -1.97. The SMILES string of the molecule is CO[C@H]1/C=C/O[C@@]2(C)Oc3c(C)c(O)c4c(O)c(c5c(c4c3C2=O)NC2(CCN(CC(C)C)CC2)N=5)=NC(=O)/C(C)=C\C=C\[C@H](C)[C@H](O)[C@@H](C)[C@@H](O)[C@@H](C)[C@H](OC(=O)N2CCN(CC3CC3)CC2)[C@@H]1C. The van der Waals surface area contributed by atoms with Crippen molar-refractivity contribution in [1.29, 1.82) is 0 Å². The van der Waals surface area contributed by atoms with E-state index in [0.29, 0.717) is 37.5 Å². The number of piperazine rings is 1. The van der Waals surface area contributed by atoms with Crippen LogP contribution in [0.25, 0.3) is 10.8 Å². The van der Waals surface area contributed by atoms with Gasteiger partial charge in [0.25, 0.3) is 11.7 Å². The van der Waals surface area contributed by atoms with Crippen LogP contribution in [0.5, 0.6) is 17.2 Å². The highest BCUT2D eigenvalue weighted by atomic mass is 16.7. The number of benzene rings is 2. The molecule has 1 aliphatic carbocycles. The summed E-state index contributed by atoms with van der Waals surface area (Å²) in [6.45, 7) is 22.0. The number of aliphatic hydroxyl groups excluding tert-OH is 2. The van der Waals surface area contributed by atoms with Crippen LogP contribution in [0.4, 0.5) is 10.5 Å². The summed E-state index contributed by atoms with van der Waals surface area (Å²) < 4.78 is 25.0. The van der Waals surface area contributed by atoms with E-state index in [1.54, 1.807) is 63.8 Å². The van der Waals surface area contributed by atoms with Crippen LogP contribution in [0.2, 0.25) is 0 Å². The van der Waals surface area contributed by atoms with Gasteiger partial charge in [-0.25, -0.2) is 9.79 Å². The molecule has 0 unspecified atom stereocenters. The molecule has 0 aromatic heterocycles. The monoisotopic (exact) mass is 971 g/mol. The number of fused-ring (bicyclic) bond motifs is 13. The Kier molecular flexibility index (Phi) is 14.8. The normalized spacial score (nSPS) is 32.7. The Morgan fingerprint density at radius 3 is 2.23 bits per heavy atom. The Morgan fingerprint density at radius 1 is 0.900 bits per heavy atom. The van der Waals surface area contributed by atoms with Crippen LogP contribution in [-0.4, -0.2) is 148 Å². The molecule has 17 nitrogen and oxygen atoms in total. The second-order valence-electron chi connectivity index (χ2n) is 21.5. The van der Waals surface area contributed by atoms with Gasteiger partial charge in [-0.15, -0.1) is 0 Å². The summed E-state index contributed by atoms with van der Waals surface area (Å²) in [5, 5.41) is 51.5. The molecule has 382 valence electrons. The number of piperidine rings is 1.